The van der Waals surface area contributed by atoms with Crippen LogP contribution in [0.1, 0.15) is 13.8 Å². The van der Waals surface area contributed by atoms with E-state index in [0.717, 1.165) is 4.57 Å². The molecule has 0 spiro atoms. The predicted molar refractivity (Wildman–Crippen MR) is 87.5 cm³/mol. The smallest absolute Gasteiger partial charge is 0.320 e. The van der Waals surface area contributed by atoms with E-state index >= 15 is 0 Å². The zero-order valence-electron chi connectivity index (χ0n) is 14.1. The number of aromatic nitrogens is 2. The third-order valence-electron chi connectivity index (χ3n) is 4.14. The van der Waals surface area contributed by atoms with Crippen LogP contribution in [0.15, 0.2) is 36.7 Å². The first kappa shape index (κ1) is 19.2. The fourth-order valence-electron chi connectivity index (χ4n) is 2.56. The van der Waals surface area contributed by atoms with Crippen LogP contribution in [0.3, 0.4) is 0 Å². The number of nitrogens with one attached hydrogen (secondary N) is 1. The molecular weight excluding hydrogens is 344 g/mol. The van der Waals surface area contributed by atoms with E-state index in [1.807, 2.05) is 0 Å². The SMILES string of the molecule is CC1(C(=O)[O-])Nc2c(O)ccc[n+]2C(C)(O)C1O.Nc1ncccc1O. The van der Waals surface area contributed by atoms with Gasteiger partial charge in [-0.15, -0.1) is 0 Å². The number of nitrogens with two attached hydrogens (primary N) is 1. The normalized spacial score (nSPS) is 26.7. The number of rotatable bonds is 1. The van der Waals surface area contributed by atoms with Gasteiger partial charge in [-0.3, -0.25) is 5.32 Å². The summed E-state index contributed by atoms with van der Waals surface area (Å²) < 4.78 is 1.16. The Morgan fingerprint density at radius 3 is 2.42 bits per heavy atom. The molecule has 3 rings (SSSR count). The van der Waals surface area contributed by atoms with Crippen LogP contribution < -0.4 is 20.7 Å². The summed E-state index contributed by atoms with van der Waals surface area (Å²) in [6.45, 7) is 2.43. The quantitative estimate of drug-likeness (QED) is 0.313. The van der Waals surface area contributed by atoms with Gasteiger partial charge in [-0.05, 0) is 31.2 Å². The highest BCUT2D eigenvalue weighted by Gasteiger charge is 2.58. The predicted octanol–water partition coefficient (Wildman–Crippen LogP) is -1.99. The largest absolute Gasteiger partial charge is 0.545 e. The minimum atomic E-state index is -1.91. The monoisotopic (exact) mass is 364 g/mol. The molecule has 0 aliphatic carbocycles. The summed E-state index contributed by atoms with van der Waals surface area (Å²) in [5, 5.41) is 52.4. The van der Waals surface area contributed by atoms with E-state index in [-0.39, 0.29) is 23.1 Å². The second kappa shape index (κ2) is 6.65. The van der Waals surface area contributed by atoms with Crippen molar-refractivity contribution in [1.29, 1.82) is 0 Å². The van der Waals surface area contributed by atoms with Crippen molar-refractivity contribution in [3.63, 3.8) is 0 Å². The molecule has 10 heteroatoms. The Hall–Kier alpha value is -3.11. The van der Waals surface area contributed by atoms with E-state index in [0.29, 0.717) is 0 Å². The minimum Gasteiger partial charge on any atom is -0.545 e. The van der Waals surface area contributed by atoms with Gasteiger partial charge in [0.1, 0.15) is 0 Å². The Balaban J connectivity index is 0.000000254. The topological polar surface area (TPSA) is 176 Å². The summed E-state index contributed by atoms with van der Waals surface area (Å²) in [5.74, 6) is -1.61. The van der Waals surface area contributed by atoms with Crippen molar-refractivity contribution in [3.8, 4) is 11.5 Å². The number of hydrogen-bond acceptors (Lipinski definition) is 9. The van der Waals surface area contributed by atoms with Gasteiger partial charge >= 0.3 is 5.82 Å². The van der Waals surface area contributed by atoms with Crippen molar-refractivity contribution >= 4 is 17.6 Å². The molecule has 26 heavy (non-hydrogen) atoms. The van der Waals surface area contributed by atoms with Crippen molar-refractivity contribution in [2.24, 2.45) is 0 Å². The lowest BCUT2D eigenvalue weighted by molar-refractivity contribution is -0.806. The van der Waals surface area contributed by atoms with E-state index in [4.69, 9.17) is 10.8 Å². The average Bonchev–Trinajstić information content (AvgIpc) is 2.57. The van der Waals surface area contributed by atoms with Gasteiger partial charge in [0.25, 0.3) is 0 Å². The van der Waals surface area contributed by atoms with Crippen molar-refractivity contribution < 1.29 is 34.9 Å². The van der Waals surface area contributed by atoms with E-state index < -0.39 is 23.3 Å². The van der Waals surface area contributed by atoms with Crippen molar-refractivity contribution in [2.75, 3.05) is 11.1 Å². The van der Waals surface area contributed by atoms with E-state index in [9.17, 15) is 25.2 Å². The number of carbonyl (C=O) groups excluding carboxylic acids is 1. The van der Waals surface area contributed by atoms with Crippen LogP contribution in [0.4, 0.5) is 11.6 Å². The van der Waals surface area contributed by atoms with Crippen molar-refractivity contribution in [3.05, 3.63) is 36.7 Å². The molecule has 0 saturated heterocycles. The van der Waals surface area contributed by atoms with Gasteiger partial charge in [-0.1, -0.05) is 0 Å². The van der Waals surface area contributed by atoms with Gasteiger partial charge in [0, 0.05) is 13.1 Å². The fraction of sp³-hybridized carbons (Fsp3) is 0.312. The Labute approximate surface area is 148 Å². The molecule has 3 heterocycles. The number of fused-ring (bicyclic) bond motifs is 1. The molecule has 2 aromatic heterocycles. The van der Waals surface area contributed by atoms with Crippen LogP contribution in [0.2, 0.25) is 0 Å². The van der Waals surface area contributed by atoms with Crippen LogP contribution in [0.25, 0.3) is 0 Å². The van der Waals surface area contributed by atoms with Crippen LogP contribution >= 0.6 is 0 Å². The minimum absolute atomic E-state index is 0.000463. The van der Waals surface area contributed by atoms with Gasteiger partial charge in [-0.2, -0.15) is 4.57 Å². The summed E-state index contributed by atoms with van der Waals surface area (Å²) in [6, 6.07) is 5.90. The first-order chi connectivity index (χ1) is 12.0. The van der Waals surface area contributed by atoms with E-state index in [1.165, 1.54) is 44.4 Å². The third-order valence-corrected chi connectivity index (χ3v) is 4.14. The molecule has 0 bridgehead atoms. The number of carboxylic acid groups (broad SMARTS) is 1. The van der Waals surface area contributed by atoms with E-state index in [1.54, 1.807) is 6.07 Å². The molecular formula is C16H20N4O6. The first-order valence-electron chi connectivity index (χ1n) is 7.55. The number of aliphatic hydroxyl groups is 2. The highest BCUT2D eigenvalue weighted by Crippen LogP contribution is 2.34. The van der Waals surface area contributed by atoms with Gasteiger partial charge in [0.05, 0.1) is 12.2 Å². The molecule has 1 aliphatic rings. The maximum absolute atomic E-state index is 11.2. The highest BCUT2D eigenvalue weighted by atomic mass is 16.4. The molecule has 0 radical (unpaired) electrons. The number of nitrogens with zero attached hydrogens (tertiary/aromatic N) is 2. The number of aromatic hydroxyl groups is 2. The number of aliphatic hydroxyl groups excluding tert-OH is 1. The number of pyridine rings is 2. The number of nitrogen functional groups attached to an aromatic ring is 1. The number of hydrogen-bond donors (Lipinski definition) is 6. The van der Waals surface area contributed by atoms with Gasteiger partial charge in [0.15, 0.2) is 23.2 Å². The van der Waals surface area contributed by atoms with Crippen LogP contribution in [0.5, 0.6) is 11.5 Å². The summed E-state index contributed by atoms with van der Waals surface area (Å²) in [7, 11) is 0. The van der Waals surface area contributed by atoms with Crippen molar-refractivity contribution in [2.45, 2.75) is 31.2 Å². The molecule has 7 N–H and O–H groups in total. The second-order valence-corrected chi connectivity index (χ2v) is 6.13. The summed E-state index contributed by atoms with van der Waals surface area (Å²) in [5.41, 5.74) is 1.35. The van der Waals surface area contributed by atoms with Crippen LogP contribution in [-0.2, 0) is 10.5 Å². The number of aliphatic carboxylic acids is 1. The second-order valence-electron chi connectivity index (χ2n) is 6.13. The molecule has 1 aliphatic heterocycles. The lowest BCUT2D eigenvalue weighted by atomic mass is 9.85. The van der Waals surface area contributed by atoms with Gasteiger partial charge in [-0.25, -0.2) is 4.98 Å². The standard InChI is InChI=1S/C11H14N2O5.C5H6N2O/c1-10(9(16)17)8(15)11(2,18)13-5-3-4-6(14)7(13)12-10;6-5-4(8)2-1-3-7-5/h3-5,8,15,18H,1-2H3,(H2,14,16,17);1-3,8H,(H2,6,7). The van der Waals surface area contributed by atoms with Crippen LogP contribution in [0, 0.1) is 0 Å². The summed E-state index contributed by atoms with van der Waals surface area (Å²) in [6.07, 6.45) is 1.28. The fourth-order valence-corrected chi connectivity index (χ4v) is 2.56. The molecule has 0 aromatic carbocycles. The van der Waals surface area contributed by atoms with Crippen LogP contribution in [-0.4, -0.2) is 43.0 Å². The maximum atomic E-state index is 11.2. The molecule has 10 nitrogen and oxygen atoms in total. The van der Waals surface area contributed by atoms with Gasteiger partial charge in [0.2, 0.25) is 11.5 Å². The first-order valence-corrected chi connectivity index (χ1v) is 7.55. The molecule has 0 fully saturated rings. The van der Waals surface area contributed by atoms with Crippen molar-refractivity contribution in [1.82, 2.24) is 4.98 Å². The summed E-state index contributed by atoms with van der Waals surface area (Å²) in [4.78, 5) is 14.8. The Morgan fingerprint density at radius 2 is 1.92 bits per heavy atom. The molecule has 3 atom stereocenters. The molecule has 0 amide bonds. The average molecular weight is 364 g/mol. The molecule has 0 saturated carbocycles. The maximum Gasteiger partial charge on any atom is 0.320 e. The Kier molecular flexibility index (Phi) is 4.92. The number of carboxylic acids is 1. The number of carbonyl (C=O) groups is 1. The number of anilines is 2. The molecule has 140 valence electrons. The molecule has 3 unspecified atom stereocenters. The Bertz CT molecular complexity index is 807. The zero-order chi connectivity index (χ0) is 19.7. The highest BCUT2D eigenvalue weighted by molar-refractivity contribution is 5.81. The zero-order valence-corrected chi connectivity index (χ0v) is 14.1. The lowest BCUT2D eigenvalue weighted by Gasteiger charge is -2.43. The lowest BCUT2D eigenvalue weighted by Crippen LogP contribution is -2.77. The van der Waals surface area contributed by atoms with Gasteiger partial charge < -0.3 is 36.1 Å². The Morgan fingerprint density at radius 1 is 1.31 bits per heavy atom. The summed E-state index contributed by atoms with van der Waals surface area (Å²) >= 11 is 0. The third kappa shape index (κ3) is 3.19. The molecule has 2 aromatic rings. The van der Waals surface area contributed by atoms with E-state index in [2.05, 4.69) is 10.3 Å².